The highest BCUT2D eigenvalue weighted by Crippen LogP contribution is 2.02. The van der Waals surface area contributed by atoms with Crippen LogP contribution in [0.15, 0.2) is 0 Å². The lowest BCUT2D eigenvalue weighted by atomic mass is 10.1. The summed E-state index contributed by atoms with van der Waals surface area (Å²) in [6, 6.07) is -3.58. The van der Waals surface area contributed by atoms with Gasteiger partial charge >= 0.3 is 11.9 Å². The zero-order valence-corrected chi connectivity index (χ0v) is 15.3. The molecule has 0 spiro atoms. The number of rotatable bonds is 13. The van der Waals surface area contributed by atoms with Crippen molar-refractivity contribution >= 4 is 35.6 Å². The minimum Gasteiger partial charge on any atom is -0.481 e. The van der Waals surface area contributed by atoms with Gasteiger partial charge in [-0.05, 0) is 19.8 Å². The highest BCUT2D eigenvalue weighted by Gasteiger charge is 2.27. The van der Waals surface area contributed by atoms with Gasteiger partial charge in [0.25, 0.3) is 0 Å². The summed E-state index contributed by atoms with van der Waals surface area (Å²) in [6.45, 7) is 0.653. The summed E-state index contributed by atoms with van der Waals surface area (Å²) in [4.78, 5) is 68.0. The molecular weight excluding hydrogens is 378 g/mol. The molecule has 0 radical (unpaired) electrons. The molecule has 13 nitrogen and oxygen atoms in total. The molecular formula is C15H25N5O8. The highest BCUT2D eigenvalue weighted by atomic mass is 16.4. The van der Waals surface area contributed by atoms with Crippen molar-refractivity contribution in [2.75, 3.05) is 6.54 Å². The number of hydrogen-bond acceptors (Lipinski definition) is 7. The van der Waals surface area contributed by atoms with Crippen molar-refractivity contribution < 1.29 is 39.0 Å². The van der Waals surface area contributed by atoms with Gasteiger partial charge in [0.2, 0.25) is 23.6 Å². The van der Waals surface area contributed by atoms with Crippen molar-refractivity contribution in [1.82, 2.24) is 16.0 Å². The first-order valence-corrected chi connectivity index (χ1v) is 8.30. The Bertz CT molecular complexity index is 624. The second-order valence-corrected chi connectivity index (χ2v) is 5.95. The lowest BCUT2D eigenvalue weighted by Crippen LogP contribution is -2.55. The normalized spacial score (nSPS) is 13.5. The first-order valence-electron chi connectivity index (χ1n) is 8.30. The van der Waals surface area contributed by atoms with Crippen LogP contribution in [0.4, 0.5) is 0 Å². The summed E-state index contributed by atoms with van der Waals surface area (Å²) in [5, 5.41) is 23.8. The van der Waals surface area contributed by atoms with Gasteiger partial charge in [-0.25, -0.2) is 0 Å². The molecule has 0 aromatic heterocycles. The molecule has 0 saturated carbocycles. The quantitative estimate of drug-likeness (QED) is 0.162. The van der Waals surface area contributed by atoms with Gasteiger partial charge in [-0.1, -0.05) is 0 Å². The summed E-state index contributed by atoms with van der Waals surface area (Å²) >= 11 is 0. The molecule has 0 aliphatic heterocycles. The van der Waals surface area contributed by atoms with Crippen LogP contribution in [0.1, 0.15) is 32.6 Å². The number of nitrogens with two attached hydrogens (primary N) is 2. The third-order valence-electron chi connectivity index (χ3n) is 3.48. The minimum absolute atomic E-state index is 0.167. The molecule has 0 aromatic carbocycles. The molecule has 0 heterocycles. The number of carbonyl (C=O) groups excluding carboxylic acids is 4. The molecule has 0 saturated heterocycles. The zero-order valence-electron chi connectivity index (χ0n) is 15.3. The molecule has 0 aliphatic carbocycles. The number of primary amides is 1. The maximum Gasteiger partial charge on any atom is 0.322 e. The third-order valence-corrected chi connectivity index (χ3v) is 3.48. The van der Waals surface area contributed by atoms with E-state index in [1.807, 2.05) is 0 Å². The molecule has 0 rings (SSSR count). The van der Waals surface area contributed by atoms with E-state index < -0.39 is 60.2 Å². The molecule has 13 heteroatoms. The van der Waals surface area contributed by atoms with Gasteiger partial charge < -0.3 is 37.6 Å². The van der Waals surface area contributed by atoms with Crippen LogP contribution < -0.4 is 27.4 Å². The number of nitrogens with one attached hydrogen (secondary N) is 3. The molecule has 0 aliphatic rings. The van der Waals surface area contributed by atoms with Crippen LogP contribution in [-0.2, 0) is 28.8 Å². The van der Waals surface area contributed by atoms with E-state index >= 15 is 0 Å². The topological polar surface area (TPSA) is 231 Å². The SMILES string of the molecule is CC(NC(=O)C(CCC(N)=O)NC(=O)C(N)CCC(=O)O)C(=O)NCC(=O)O. The first-order chi connectivity index (χ1) is 12.9. The number of amides is 4. The fourth-order valence-electron chi connectivity index (χ4n) is 1.94. The van der Waals surface area contributed by atoms with Crippen LogP contribution in [0.2, 0.25) is 0 Å². The van der Waals surface area contributed by atoms with Crippen LogP contribution >= 0.6 is 0 Å². The van der Waals surface area contributed by atoms with Gasteiger partial charge in [0.05, 0.1) is 6.04 Å². The van der Waals surface area contributed by atoms with E-state index in [2.05, 4.69) is 16.0 Å². The zero-order chi connectivity index (χ0) is 21.9. The maximum absolute atomic E-state index is 12.3. The van der Waals surface area contributed by atoms with Crippen LogP contribution in [0.3, 0.4) is 0 Å². The first kappa shape index (κ1) is 24.8. The Kier molecular flexibility index (Phi) is 10.8. The Morgan fingerprint density at radius 3 is 1.96 bits per heavy atom. The largest absolute Gasteiger partial charge is 0.481 e. The molecule has 3 unspecified atom stereocenters. The average Bonchev–Trinajstić information content (AvgIpc) is 2.60. The van der Waals surface area contributed by atoms with Gasteiger partial charge in [0.1, 0.15) is 18.6 Å². The van der Waals surface area contributed by atoms with Crippen molar-refractivity contribution in [1.29, 1.82) is 0 Å². The molecule has 3 atom stereocenters. The van der Waals surface area contributed by atoms with Gasteiger partial charge in [-0.3, -0.25) is 28.8 Å². The lowest BCUT2D eigenvalue weighted by molar-refractivity contribution is -0.139. The summed E-state index contributed by atoms with van der Waals surface area (Å²) in [7, 11) is 0. The van der Waals surface area contributed by atoms with Gasteiger partial charge in [-0.15, -0.1) is 0 Å². The second kappa shape index (κ2) is 12.2. The van der Waals surface area contributed by atoms with Gasteiger partial charge in [0, 0.05) is 12.8 Å². The fraction of sp³-hybridized carbons (Fsp3) is 0.600. The summed E-state index contributed by atoms with van der Waals surface area (Å²) < 4.78 is 0. The van der Waals surface area contributed by atoms with Crippen LogP contribution in [0, 0.1) is 0 Å². The van der Waals surface area contributed by atoms with E-state index in [0.29, 0.717) is 0 Å². The molecule has 28 heavy (non-hydrogen) atoms. The number of hydrogen-bond donors (Lipinski definition) is 7. The number of carboxylic acid groups (broad SMARTS) is 2. The lowest BCUT2D eigenvalue weighted by Gasteiger charge is -2.22. The maximum atomic E-state index is 12.3. The average molecular weight is 403 g/mol. The standard InChI is InChI=1S/C15H25N5O8/c1-7(13(26)18-6-12(24)25)19-15(28)9(3-4-10(17)21)20-14(27)8(16)2-5-11(22)23/h7-9H,2-6,16H2,1H3,(H2,17,21)(H,18,26)(H,19,28)(H,20,27)(H,22,23)(H,24,25). The Labute approximate surface area is 160 Å². The van der Waals surface area contributed by atoms with E-state index in [0.717, 1.165) is 0 Å². The summed E-state index contributed by atoms with van der Waals surface area (Å²) in [6.07, 6.45) is -0.947. The number of carboxylic acids is 2. The molecule has 4 amide bonds. The minimum atomic E-state index is -1.27. The Hall–Kier alpha value is -3.22. The molecule has 9 N–H and O–H groups in total. The Morgan fingerprint density at radius 2 is 1.46 bits per heavy atom. The Balaban J connectivity index is 4.92. The van der Waals surface area contributed by atoms with Gasteiger partial charge in [0.15, 0.2) is 0 Å². The number of carbonyl (C=O) groups is 6. The van der Waals surface area contributed by atoms with Crippen LogP contribution in [0.25, 0.3) is 0 Å². The van der Waals surface area contributed by atoms with Crippen molar-refractivity contribution in [3.63, 3.8) is 0 Å². The van der Waals surface area contributed by atoms with Crippen molar-refractivity contribution in [3.8, 4) is 0 Å². The molecule has 0 aromatic rings. The summed E-state index contributed by atoms with van der Waals surface area (Å²) in [5.41, 5.74) is 10.6. The van der Waals surface area contributed by atoms with E-state index in [1.54, 1.807) is 0 Å². The highest BCUT2D eigenvalue weighted by molar-refractivity contribution is 5.93. The summed E-state index contributed by atoms with van der Waals surface area (Å²) in [5.74, 6) is -5.54. The molecule has 0 bridgehead atoms. The Morgan fingerprint density at radius 1 is 0.857 bits per heavy atom. The van der Waals surface area contributed by atoms with E-state index in [1.165, 1.54) is 6.92 Å². The smallest absolute Gasteiger partial charge is 0.322 e. The van der Waals surface area contributed by atoms with E-state index in [9.17, 15) is 28.8 Å². The third kappa shape index (κ3) is 10.7. The van der Waals surface area contributed by atoms with Crippen LogP contribution in [0.5, 0.6) is 0 Å². The van der Waals surface area contributed by atoms with Crippen molar-refractivity contribution in [3.05, 3.63) is 0 Å². The van der Waals surface area contributed by atoms with E-state index in [-0.39, 0.29) is 25.7 Å². The molecule has 158 valence electrons. The van der Waals surface area contributed by atoms with Crippen molar-refractivity contribution in [2.45, 2.75) is 50.7 Å². The predicted octanol–water partition coefficient (Wildman–Crippen LogP) is -3.37. The number of aliphatic carboxylic acids is 2. The van der Waals surface area contributed by atoms with Crippen LogP contribution in [-0.4, -0.2) is 70.5 Å². The second-order valence-electron chi connectivity index (χ2n) is 5.95. The predicted molar refractivity (Wildman–Crippen MR) is 93.5 cm³/mol. The van der Waals surface area contributed by atoms with Gasteiger partial charge in [-0.2, -0.15) is 0 Å². The monoisotopic (exact) mass is 403 g/mol. The van der Waals surface area contributed by atoms with Crippen molar-refractivity contribution in [2.24, 2.45) is 11.5 Å². The molecule has 0 fully saturated rings. The fourth-order valence-corrected chi connectivity index (χ4v) is 1.94. The van der Waals surface area contributed by atoms with E-state index in [4.69, 9.17) is 21.7 Å².